The fourth-order valence-electron chi connectivity index (χ4n) is 1.25. The van der Waals surface area contributed by atoms with Crippen molar-refractivity contribution >= 4 is 0 Å². The van der Waals surface area contributed by atoms with Crippen molar-refractivity contribution in [3.05, 3.63) is 0 Å². The highest BCUT2D eigenvalue weighted by Crippen LogP contribution is 2.18. The van der Waals surface area contributed by atoms with Crippen molar-refractivity contribution in [2.45, 2.75) is 31.4 Å². The van der Waals surface area contributed by atoms with Gasteiger partial charge in [0, 0.05) is 13.2 Å². The average molecular weight is 115 g/mol. The van der Waals surface area contributed by atoms with Crippen LogP contribution in [0.5, 0.6) is 0 Å². The van der Waals surface area contributed by atoms with Crippen LogP contribution in [0.25, 0.3) is 0 Å². The number of nitrogens with two attached hydrogens (primary N) is 1. The summed E-state index contributed by atoms with van der Waals surface area (Å²) < 4.78 is 5.10. The van der Waals surface area contributed by atoms with Crippen molar-refractivity contribution in [2.24, 2.45) is 5.73 Å². The maximum Gasteiger partial charge on any atom is 0.0722 e. The molecule has 0 heterocycles. The summed E-state index contributed by atoms with van der Waals surface area (Å²) in [5, 5.41) is 0. The summed E-state index contributed by atoms with van der Waals surface area (Å²) in [4.78, 5) is 0. The third-order valence-corrected chi connectivity index (χ3v) is 1.81. The molecule has 1 saturated carbocycles. The zero-order valence-electron chi connectivity index (χ0n) is 5.26. The van der Waals surface area contributed by atoms with Gasteiger partial charge in [-0.1, -0.05) is 0 Å². The number of ether oxygens (including phenoxy) is 1. The first-order valence-corrected chi connectivity index (χ1v) is 3.13. The fraction of sp³-hybridized carbons (Fsp3) is 1.00. The molecule has 0 aromatic heterocycles. The third kappa shape index (κ3) is 1.01. The lowest BCUT2D eigenvalue weighted by atomic mass is 10.2. The van der Waals surface area contributed by atoms with Gasteiger partial charge < -0.3 is 10.5 Å². The van der Waals surface area contributed by atoms with Crippen molar-refractivity contribution in [1.82, 2.24) is 0 Å². The van der Waals surface area contributed by atoms with Gasteiger partial charge in [-0.2, -0.15) is 0 Å². The van der Waals surface area contributed by atoms with Crippen LogP contribution in [-0.2, 0) is 4.74 Å². The highest BCUT2D eigenvalue weighted by molar-refractivity contribution is 4.80. The van der Waals surface area contributed by atoms with Crippen LogP contribution in [0.4, 0.5) is 0 Å². The monoisotopic (exact) mass is 115 g/mol. The first-order chi connectivity index (χ1) is 3.84. The lowest BCUT2D eigenvalue weighted by Gasteiger charge is -2.11. The average Bonchev–Trinajstić information content (AvgIpc) is 2.14. The Balaban J connectivity index is 2.30. The van der Waals surface area contributed by atoms with Crippen LogP contribution in [0, 0.1) is 0 Å². The maximum absolute atomic E-state index is 5.66. The van der Waals surface area contributed by atoms with Crippen LogP contribution < -0.4 is 5.73 Å². The summed E-state index contributed by atoms with van der Waals surface area (Å²) >= 11 is 0. The van der Waals surface area contributed by atoms with Gasteiger partial charge in [-0.3, -0.25) is 0 Å². The quantitative estimate of drug-likeness (QED) is 0.540. The van der Waals surface area contributed by atoms with E-state index in [0.29, 0.717) is 12.1 Å². The van der Waals surface area contributed by atoms with Crippen LogP contribution in [0.2, 0.25) is 0 Å². The van der Waals surface area contributed by atoms with E-state index in [1.54, 1.807) is 7.11 Å². The molecule has 2 heteroatoms. The molecule has 0 saturated heterocycles. The van der Waals surface area contributed by atoms with Gasteiger partial charge in [-0.25, -0.2) is 0 Å². The number of rotatable bonds is 1. The summed E-state index contributed by atoms with van der Waals surface area (Å²) in [6, 6.07) is 0.306. The van der Waals surface area contributed by atoms with Gasteiger partial charge in [-0.05, 0) is 19.3 Å². The molecule has 8 heavy (non-hydrogen) atoms. The number of methoxy groups -OCH3 is 1. The van der Waals surface area contributed by atoms with Gasteiger partial charge >= 0.3 is 0 Å². The SMILES string of the molecule is CO[C@H]1CCC[C@@H]1N. The van der Waals surface area contributed by atoms with E-state index in [4.69, 9.17) is 10.5 Å². The Morgan fingerprint density at radius 1 is 1.50 bits per heavy atom. The zero-order valence-corrected chi connectivity index (χ0v) is 5.26. The fourth-order valence-corrected chi connectivity index (χ4v) is 1.25. The van der Waals surface area contributed by atoms with E-state index in [0.717, 1.165) is 12.8 Å². The molecule has 2 N–H and O–H groups in total. The number of hydrogen-bond acceptors (Lipinski definition) is 2. The lowest BCUT2D eigenvalue weighted by molar-refractivity contribution is 0.0960. The molecule has 1 fully saturated rings. The normalized spacial score (nSPS) is 38.2. The minimum Gasteiger partial charge on any atom is -0.380 e. The summed E-state index contributed by atoms with van der Waals surface area (Å²) in [5.74, 6) is 0. The molecule has 2 atom stereocenters. The van der Waals surface area contributed by atoms with Crippen molar-refractivity contribution in [2.75, 3.05) is 7.11 Å². The molecule has 0 spiro atoms. The van der Waals surface area contributed by atoms with Crippen LogP contribution in [0.1, 0.15) is 19.3 Å². The molecule has 0 unspecified atom stereocenters. The van der Waals surface area contributed by atoms with E-state index in [2.05, 4.69) is 0 Å². The van der Waals surface area contributed by atoms with Crippen molar-refractivity contribution < 1.29 is 4.74 Å². The van der Waals surface area contributed by atoms with Gasteiger partial charge in [0.1, 0.15) is 0 Å². The molecule has 0 bridgehead atoms. The Morgan fingerprint density at radius 3 is 2.50 bits per heavy atom. The Kier molecular flexibility index (Phi) is 1.86. The standard InChI is InChI=1S/C6H13NO/c1-8-6-4-2-3-5(6)7/h5-6H,2-4,7H2,1H3/t5-,6-/m0/s1. The topological polar surface area (TPSA) is 35.2 Å². The molecule has 1 aliphatic rings. The Bertz CT molecular complexity index is 74.9. The number of hydrogen-bond donors (Lipinski definition) is 1. The minimum atomic E-state index is 0.306. The largest absolute Gasteiger partial charge is 0.380 e. The Labute approximate surface area is 50.0 Å². The van der Waals surface area contributed by atoms with Gasteiger partial charge in [0.2, 0.25) is 0 Å². The highest BCUT2D eigenvalue weighted by atomic mass is 16.5. The van der Waals surface area contributed by atoms with Crippen molar-refractivity contribution in [3.63, 3.8) is 0 Å². The molecule has 48 valence electrons. The van der Waals surface area contributed by atoms with Crippen molar-refractivity contribution in [1.29, 1.82) is 0 Å². The summed E-state index contributed by atoms with van der Waals surface area (Å²) in [7, 11) is 1.73. The molecule has 0 amide bonds. The van der Waals surface area contributed by atoms with E-state index in [1.165, 1.54) is 6.42 Å². The second-order valence-electron chi connectivity index (χ2n) is 2.37. The second-order valence-corrected chi connectivity index (χ2v) is 2.37. The Hall–Kier alpha value is -0.0800. The van der Waals surface area contributed by atoms with Crippen LogP contribution in [0.3, 0.4) is 0 Å². The molecule has 0 aromatic rings. The van der Waals surface area contributed by atoms with E-state index >= 15 is 0 Å². The predicted octanol–water partition coefficient (Wildman–Crippen LogP) is 0.513. The summed E-state index contributed by atoms with van der Waals surface area (Å²) in [6.07, 6.45) is 3.87. The third-order valence-electron chi connectivity index (χ3n) is 1.81. The molecule has 2 nitrogen and oxygen atoms in total. The summed E-state index contributed by atoms with van der Waals surface area (Å²) in [6.45, 7) is 0. The molecule has 0 aromatic carbocycles. The lowest BCUT2D eigenvalue weighted by Crippen LogP contribution is -2.30. The molecule has 0 aliphatic heterocycles. The van der Waals surface area contributed by atoms with Crippen LogP contribution in [-0.4, -0.2) is 19.3 Å². The van der Waals surface area contributed by atoms with Gasteiger partial charge in [-0.15, -0.1) is 0 Å². The van der Waals surface area contributed by atoms with Crippen molar-refractivity contribution in [3.8, 4) is 0 Å². The minimum absolute atomic E-state index is 0.306. The molecule has 1 aliphatic carbocycles. The first-order valence-electron chi connectivity index (χ1n) is 3.13. The summed E-state index contributed by atoms with van der Waals surface area (Å²) in [5.41, 5.74) is 5.66. The predicted molar refractivity (Wildman–Crippen MR) is 32.6 cm³/mol. The maximum atomic E-state index is 5.66. The molecular weight excluding hydrogens is 102 g/mol. The molecule has 1 rings (SSSR count). The zero-order chi connectivity index (χ0) is 5.98. The Morgan fingerprint density at radius 2 is 2.25 bits per heavy atom. The van der Waals surface area contributed by atoms with E-state index in [-0.39, 0.29) is 0 Å². The van der Waals surface area contributed by atoms with Gasteiger partial charge in [0.25, 0.3) is 0 Å². The molecule has 0 radical (unpaired) electrons. The van der Waals surface area contributed by atoms with E-state index < -0.39 is 0 Å². The van der Waals surface area contributed by atoms with Gasteiger partial charge in [0.05, 0.1) is 6.10 Å². The van der Waals surface area contributed by atoms with Crippen LogP contribution >= 0.6 is 0 Å². The highest BCUT2D eigenvalue weighted by Gasteiger charge is 2.22. The second kappa shape index (κ2) is 2.46. The van der Waals surface area contributed by atoms with E-state index in [9.17, 15) is 0 Å². The van der Waals surface area contributed by atoms with Gasteiger partial charge in [0.15, 0.2) is 0 Å². The molecular formula is C6H13NO. The van der Waals surface area contributed by atoms with Crippen LogP contribution in [0.15, 0.2) is 0 Å². The smallest absolute Gasteiger partial charge is 0.0722 e. The van der Waals surface area contributed by atoms with E-state index in [1.807, 2.05) is 0 Å². The first kappa shape index (κ1) is 6.05.